The van der Waals surface area contributed by atoms with E-state index in [1.807, 2.05) is 26.8 Å². The minimum Gasteiger partial charge on any atom is -0.484 e. The van der Waals surface area contributed by atoms with Crippen molar-refractivity contribution in [2.45, 2.75) is 45.6 Å². The standard InChI is InChI=1S/C16H21NO3/c1-16(2,3)17-15(19)10-20-12-7-8-13-11(9-12)5-4-6-14(13)18/h7-9H,4-6,10H2,1-3H3,(H,17,19). The average molecular weight is 275 g/mol. The van der Waals surface area contributed by atoms with Crippen molar-refractivity contribution in [3.63, 3.8) is 0 Å². The van der Waals surface area contributed by atoms with E-state index in [0.29, 0.717) is 12.2 Å². The normalized spacial score (nSPS) is 14.7. The molecule has 0 fully saturated rings. The Morgan fingerprint density at radius 3 is 2.75 bits per heavy atom. The van der Waals surface area contributed by atoms with E-state index in [1.165, 1.54) is 0 Å². The number of Topliss-reactive ketones (excluding diaryl/α,β-unsaturated/α-hetero) is 1. The molecule has 0 atom stereocenters. The highest BCUT2D eigenvalue weighted by Gasteiger charge is 2.18. The molecule has 1 aromatic carbocycles. The predicted octanol–water partition coefficient (Wildman–Crippen LogP) is 2.50. The van der Waals surface area contributed by atoms with Crippen LogP contribution < -0.4 is 10.1 Å². The lowest BCUT2D eigenvalue weighted by Gasteiger charge is -2.21. The number of amides is 1. The Balaban J connectivity index is 1.97. The third-order valence-corrected chi connectivity index (χ3v) is 3.11. The first-order chi connectivity index (χ1) is 9.35. The second-order valence-corrected chi connectivity index (χ2v) is 6.18. The van der Waals surface area contributed by atoms with Gasteiger partial charge in [0.25, 0.3) is 5.91 Å². The summed E-state index contributed by atoms with van der Waals surface area (Å²) in [4.78, 5) is 23.4. The van der Waals surface area contributed by atoms with Crippen LogP contribution in [0.15, 0.2) is 18.2 Å². The minimum atomic E-state index is -0.261. The van der Waals surface area contributed by atoms with Gasteiger partial charge in [-0.2, -0.15) is 0 Å². The van der Waals surface area contributed by atoms with Gasteiger partial charge in [0.05, 0.1) is 0 Å². The molecule has 0 unspecified atom stereocenters. The van der Waals surface area contributed by atoms with Gasteiger partial charge >= 0.3 is 0 Å². The molecule has 20 heavy (non-hydrogen) atoms. The van der Waals surface area contributed by atoms with Gasteiger partial charge in [-0.25, -0.2) is 0 Å². The second-order valence-electron chi connectivity index (χ2n) is 6.18. The molecule has 4 nitrogen and oxygen atoms in total. The molecule has 108 valence electrons. The van der Waals surface area contributed by atoms with Crippen LogP contribution in [0.25, 0.3) is 0 Å². The molecule has 1 aromatic rings. The van der Waals surface area contributed by atoms with Gasteiger partial charge in [0.15, 0.2) is 12.4 Å². The number of carbonyl (C=O) groups is 2. The zero-order valence-corrected chi connectivity index (χ0v) is 12.3. The van der Waals surface area contributed by atoms with Crippen LogP contribution in [0.3, 0.4) is 0 Å². The van der Waals surface area contributed by atoms with Gasteiger partial charge in [0.1, 0.15) is 5.75 Å². The largest absolute Gasteiger partial charge is 0.484 e. The maximum atomic E-state index is 11.7. The highest BCUT2D eigenvalue weighted by Crippen LogP contribution is 2.25. The van der Waals surface area contributed by atoms with Gasteiger partial charge in [-0.05, 0) is 57.4 Å². The summed E-state index contributed by atoms with van der Waals surface area (Å²) in [7, 11) is 0. The molecule has 0 saturated carbocycles. The fourth-order valence-electron chi connectivity index (χ4n) is 2.32. The smallest absolute Gasteiger partial charge is 0.258 e. The van der Waals surface area contributed by atoms with E-state index in [9.17, 15) is 9.59 Å². The van der Waals surface area contributed by atoms with Crippen molar-refractivity contribution >= 4 is 11.7 Å². The maximum absolute atomic E-state index is 11.7. The van der Waals surface area contributed by atoms with Gasteiger partial charge in [-0.15, -0.1) is 0 Å². The number of hydrogen-bond acceptors (Lipinski definition) is 3. The molecule has 1 N–H and O–H groups in total. The Bertz CT molecular complexity index is 529. The van der Waals surface area contributed by atoms with Crippen molar-refractivity contribution in [3.05, 3.63) is 29.3 Å². The zero-order chi connectivity index (χ0) is 14.8. The van der Waals surface area contributed by atoms with Crippen LogP contribution >= 0.6 is 0 Å². The lowest BCUT2D eigenvalue weighted by Crippen LogP contribution is -2.43. The van der Waals surface area contributed by atoms with Crippen LogP contribution in [0.1, 0.15) is 49.5 Å². The van der Waals surface area contributed by atoms with E-state index < -0.39 is 0 Å². The van der Waals surface area contributed by atoms with Crippen LogP contribution in [0.5, 0.6) is 5.75 Å². The summed E-state index contributed by atoms with van der Waals surface area (Å²) in [5.74, 6) is 0.692. The lowest BCUT2D eigenvalue weighted by molar-refractivity contribution is -0.124. The first-order valence-corrected chi connectivity index (χ1v) is 6.95. The van der Waals surface area contributed by atoms with Crippen LogP contribution in [0, 0.1) is 0 Å². The summed E-state index contributed by atoms with van der Waals surface area (Å²) in [5.41, 5.74) is 1.56. The van der Waals surface area contributed by atoms with Gasteiger partial charge in [0.2, 0.25) is 0 Å². The molecule has 0 bridgehead atoms. The van der Waals surface area contributed by atoms with E-state index in [1.54, 1.807) is 12.1 Å². The number of carbonyl (C=O) groups excluding carboxylic acids is 2. The number of aryl methyl sites for hydroxylation is 1. The van der Waals surface area contributed by atoms with Crippen LogP contribution in [-0.2, 0) is 11.2 Å². The molecule has 1 amide bonds. The molecule has 2 rings (SSSR count). The van der Waals surface area contributed by atoms with Crippen LogP contribution in [0.2, 0.25) is 0 Å². The number of ketones is 1. The number of fused-ring (bicyclic) bond motifs is 1. The van der Waals surface area contributed by atoms with Gasteiger partial charge < -0.3 is 10.1 Å². The summed E-state index contributed by atoms with van der Waals surface area (Å²) in [6.07, 6.45) is 2.41. The quantitative estimate of drug-likeness (QED) is 0.922. The number of benzene rings is 1. The first-order valence-electron chi connectivity index (χ1n) is 6.95. The average Bonchev–Trinajstić information content (AvgIpc) is 2.34. The Kier molecular flexibility index (Phi) is 4.12. The Hall–Kier alpha value is -1.84. The van der Waals surface area contributed by atoms with Gasteiger partial charge in [-0.1, -0.05) is 0 Å². The van der Waals surface area contributed by atoms with E-state index >= 15 is 0 Å². The number of nitrogens with one attached hydrogen (secondary N) is 1. The number of ether oxygens (including phenoxy) is 1. The van der Waals surface area contributed by atoms with Crippen molar-refractivity contribution in [1.82, 2.24) is 5.32 Å². The number of rotatable bonds is 3. The van der Waals surface area contributed by atoms with Gasteiger partial charge in [0, 0.05) is 17.5 Å². The zero-order valence-electron chi connectivity index (χ0n) is 12.3. The third kappa shape index (κ3) is 3.83. The van der Waals surface area contributed by atoms with Crippen LogP contribution in [0.4, 0.5) is 0 Å². The molecule has 0 saturated heterocycles. The lowest BCUT2D eigenvalue weighted by atomic mass is 9.91. The highest BCUT2D eigenvalue weighted by molar-refractivity contribution is 5.98. The Labute approximate surface area is 119 Å². The fraction of sp³-hybridized carbons (Fsp3) is 0.500. The van der Waals surface area contributed by atoms with E-state index in [4.69, 9.17) is 4.74 Å². The van der Waals surface area contributed by atoms with E-state index in [2.05, 4.69) is 5.32 Å². The highest BCUT2D eigenvalue weighted by atomic mass is 16.5. The second kappa shape index (κ2) is 5.65. The topological polar surface area (TPSA) is 55.4 Å². The van der Waals surface area contributed by atoms with Crippen molar-refractivity contribution in [3.8, 4) is 5.75 Å². The summed E-state index contributed by atoms with van der Waals surface area (Å²) in [5, 5.41) is 2.84. The molecule has 0 heterocycles. The Morgan fingerprint density at radius 1 is 1.30 bits per heavy atom. The molecular weight excluding hydrogens is 254 g/mol. The number of hydrogen-bond donors (Lipinski definition) is 1. The third-order valence-electron chi connectivity index (χ3n) is 3.11. The molecule has 0 radical (unpaired) electrons. The predicted molar refractivity (Wildman–Crippen MR) is 77.1 cm³/mol. The van der Waals surface area contributed by atoms with Crippen molar-refractivity contribution in [2.75, 3.05) is 6.61 Å². The van der Waals surface area contributed by atoms with Crippen molar-refractivity contribution in [2.24, 2.45) is 0 Å². The maximum Gasteiger partial charge on any atom is 0.258 e. The molecule has 0 aliphatic heterocycles. The molecular formula is C16H21NO3. The van der Waals surface area contributed by atoms with Crippen molar-refractivity contribution < 1.29 is 14.3 Å². The SMILES string of the molecule is CC(C)(C)NC(=O)COc1ccc2c(c1)CCCC2=O. The summed E-state index contributed by atoms with van der Waals surface area (Å²) >= 11 is 0. The molecule has 1 aliphatic rings. The monoisotopic (exact) mass is 275 g/mol. The summed E-state index contributed by atoms with van der Waals surface area (Å²) in [6, 6.07) is 5.43. The summed E-state index contributed by atoms with van der Waals surface area (Å²) < 4.78 is 5.49. The first kappa shape index (κ1) is 14.6. The summed E-state index contributed by atoms with van der Waals surface area (Å²) in [6.45, 7) is 5.77. The Morgan fingerprint density at radius 2 is 2.05 bits per heavy atom. The fourth-order valence-corrected chi connectivity index (χ4v) is 2.32. The van der Waals surface area contributed by atoms with Gasteiger partial charge in [-0.3, -0.25) is 9.59 Å². The van der Waals surface area contributed by atoms with Crippen LogP contribution in [-0.4, -0.2) is 23.8 Å². The molecule has 4 heteroatoms. The minimum absolute atomic E-state index is 0.00992. The van der Waals surface area contributed by atoms with E-state index in [0.717, 1.165) is 24.0 Å². The van der Waals surface area contributed by atoms with E-state index in [-0.39, 0.29) is 23.8 Å². The van der Waals surface area contributed by atoms with Crippen molar-refractivity contribution in [1.29, 1.82) is 0 Å². The molecule has 0 aromatic heterocycles. The molecule has 0 spiro atoms. The molecule has 1 aliphatic carbocycles.